The molecule has 0 spiro atoms. The molecule has 0 atom stereocenters. The number of hydrogen-bond donors (Lipinski definition) is 1. The molecule has 0 amide bonds. The first-order valence-corrected chi connectivity index (χ1v) is 6.21. The number of rotatable bonds is 3. The maximum Gasteiger partial charge on any atom is 0.175 e. The zero-order valence-corrected chi connectivity index (χ0v) is 10.8. The Morgan fingerprint density at radius 3 is 3.00 bits per heavy atom. The lowest BCUT2D eigenvalue weighted by atomic mass is 10.1. The molecule has 0 unspecified atom stereocenters. The smallest absolute Gasteiger partial charge is 0.175 e. The number of nitrogens with zero attached hydrogens (tertiary/aromatic N) is 1. The zero-order chi connectivity index (χ0) is 10.8. The van der Waals surface area contributed by atoms with Crippen molar-refractivity contribution in [1.82, 2.24) is 9.97 Å². The summed E-state index contributed by atoms with van der Waals surface area (Å²) in [6, 6.07) is 4.01. The van der Waals surface area contributed by atoms with Crippen molar-refractivity contribution >= 4 is 38.6 Å². The number of aromatic amines is 1. The number of nitrogens with one attached hydrogen (secondary N) is 1. The van der Waals surface area contributed by atoms with Gasteiger partial charge in [-0.25, -0.2) is 4.98 Å². The number of hydrogen-bond acceptors (Lipinski definition) is 1. The summed E-state index contributed by atoms with van der Waals surface area (Å²) in [4.78, 5) is 7.42. The van der Waals surface area contributed by atoms with Gasteiger partial charge in [-0.15, -0.1) is 0 Å². The summed E-state index contributed by atoms with van der Waals surface area (Å²) >= 11 is 9.50. The maximum absolute atomic E-state index is 6.18. The van der Waals surface area contributed by atoms with Crippen LogP contribution >= 0.6 is 27.5 Å². The van der Waals surface area contributed by atoms with Gasteiger partial charge < -0.3 is 4.98 Å². The quantitative estimate of drug-likeness (QED) is 0.895. The third-order valence-electron chi connectivity index (χ3n) is 2.42. The zero-order valence-electron chi connectivity index (χ0n) is 8.48. The lowest BCUT2D eigenvalue weighted by Crippen LogP contribution is -1.86. The van der Waals surface area contributed by atoms with Gasteiger partial charge in [-0.1, -0.05) is 24.9 Å². The van der Waals surface area contributed by atoms with Crippen molar-refractivity contribution < 1.29 is 0 Å². The molecule has 2 aromatic rings. The fourth-order valence-electron chi connectivity index (χ4n) is 1.60. The van der Waals surface area contributed by atoms with E-state index in [-0.39, 0.29) is 0 Å². The number of imidazole rings is 1. The van der Waals surface area contributed by atoms with Crippen LogP contribution in [0.15, 0.2) is 16.9 Å². The van der Waals surface area contributed by atoms with E-state index in [1.165, 1.54) is 18.4 Å². The molecular weight excluding hydrogens is 275 g/mol. The summed E-state index contributed by atoms with van der Waals surface area (Å²) in [5.41, 5.74) is 3.15. The number of unbranched alkanes of at least 4 members (excludes halogenated alkanes) is 1. The van der Waals surface area contributed by atoms with E-state index in [1.807, 2.05) is 6.07 Å². The summed E-state index contributed by atoms with van der Waals surface area (Å²) in [6.07, 6.45) is 3.38. The van der Waals surface area contributed by atoms with Gasteiger partial charge in [-0.2, -0.15) is 0 Å². The number of aryl methyl sites for hydroxylation is 1. The number of benzene rings is 1. The first-order chi connectivity index (χ1) is 7.20. The maximum atomic E-state index is 6.18. The average molecular weight is 288 g/mol. The van der Waals surface area contributed by atoms with E-state index in [4.69, 9.17) is 11.6 Å². The minimum absolute atomic E-state index is 0.751. The summed E-state index contributed by atoms with van der Waals surface area (Å²) in [7, 11) is 0. The molecule has 2 nitrogen and oxygen atoms in total. The van der Waals surface area contributed by atoms with Crippen molar-refractivity contribution in [1.29, 1.82) is 0 Å². The third-order valence-corrected chi connectivity index (χ3v) is 3.15. The lowest BCUT2D eigenvalue weighted by molar-refractivity contribution is 0.796. The van der Waals surface area contributed by atoms with E-state index in [2.05, 4.69) is 38.9 Å². The molecule has 1 heterocycles. The first kappa shape index (κ1) is 11.0. The van der Waals surface area contributed by atoms with Gasteiger partial charge >= 0.3 is 0 Å². The molecule has 0 aliphatic heterocycles. The molecule has 1 N–H and O–H groups in total. The van der Waals surface area contributed by atoms with Crippen LogP contribution in [0, 0.1) is 0 Å². The van der Waals surface area contributed by atoms with E-state index in [9.17, 15) is 0 Å². The minimum Gasteiger partial charge on any atom is -0.332 e. The fraction of sp³-hybridized carbons (Fsp3) is 0.364. The predicted molar refractivity (Wildman–Crippen MR) is 67.4 cm³/mol. The van der Waals surface area contributed by atoms with Gasteiger partial charge in [0.2, 0.25) is 0 Å². The Balaban J connectivity index is 2.42. The average Bonchev–Trinajstić information content (AvgIpc) is 2.53. The van der Waals surface area contributed by atoms with E-state index in [0.29, 0.717) is 0 Å². The highest BCUT2D eigenvalue weighted by molar-refractivity contribution is 9.10. The second kappa shape index (κ2) is 4.54. The van der Waals surface area contributed by atoms with Crippen LogP contribution in [0.4, 0.5) is 0 Å². The first-order valence-electron chi connectivity index (χ1n) is 5.04. The van der Waals surface area contributed by atoms with E-state index in [0.717, 1.165) is 27.2 Å². The Morgan fingerprint density at radius 1 is 1.47 bits per heavy atom. The van der Waals surface area contributed by atoms with Crippen LogP contribution in [0.5, 0.6) is 0 Å². The van der Waals surface area contributed by atoms with Gasteiger partial charge in [0.15, 0.2) is 4.73 Å². The number of H-pyrrole nitrogens is 1. The van der Waals surface area contributed by atoms with Gasteiger partial charge in [0, 0.05) is 5.02 Å². The molecular formula is C11H12BrClN2. The molecule has 1 aromatic heterocycles. The molecule has 80 valence electrons. The largest absolute Gasteiger partial charge is 0.332 e. The second-order valence-electron chi connectivity index (χ2n) is 3.59. The summed E-state index contributed by atoms with van der Waals surface area (Å²) < 4.78 is 0.751. The van der Waals surface area contributed by atoms with Gasteiger partial charge in [0.25, 0.3) is 0 Å². The van der Waals surface area contributed by atoms with E-state index in [1.54, 1.807) is 0 Å². The van der Waals surface area contributed by atoms with Crippen LogP contribution in [-0.2, 0) is 6.42 Å². The number of fused-ring (bicyclic) bond motifs is 1. The normalized spacial score (nSPS) is 11.1. The third kappa shape index (κ3) is 2.34. The molecule has 2 rings (SSSR count). The monoisotopic (exact) mass is 286 g/mol. The highest BCUT2D eigenvalue weighted by atomic mass is 79.9. The lowest BCUT2D eigenvalue weighted by Gasteiger charge is -2.02. The van der Waals surface area contributed by atoms with Crippen LogP contribution in [0.3, 0.4) is 0 Å². The van der Waals surface area contributed by atoms with Crippen LogP contribution in [-0.4, -0.2) is 9.97 Å². The van der Waals surface area contributed by atoms with Crippen molar-refractivity contribution in [2.24, 2.45) is 0 Å². The molecule has 0 radical (unpaired) electrons. The highest BCUT2D eigenvalue weighted by Crippen LogP contribution is 2.25. The van der Waals surface area contributed by atoms with Gasteiger partial charge in [-0.05, 0) is 46.5 Å². The van der Waals surface area contributed by atoms with Crippen molar-refractivity contribution in [2.45, 2.75) is 26.2 Å². The van der Waals surface area contributed by atoms with Crippen LogP contribution in [0.2, 0.25) is 5.02 Å². The highest BCUT2D eigenvalue weighted by Gasteiger charge is 2.06. The summed E-state index contributed by atoms with van der Waals surface area (Å²) in [5, 5.41) is 0.815. The van der Waals surface area contributed by atoms with Crippen LogP contribution in [0.25, 0.3) is 11.0 Å². The summed E-state index contributed by atoms with van der Waals surface area (Å²) in [5.74, 6) is 0. The Morgan fingerprint density at radius 2 is 2.27 bits per heavy atom. The fourth-order valence-corrected chi connectivity index (χ4v) is 2.26. The molecule has 0 aliphatic rings. The SMILES string of the molecule is CCCCc1cc2[nH]c(Br)nc2cc1Cl. The van der Waals surface area contributed by atoms with Gasteiger partial charge in [-0.3, -0.25) is 0 Å². The molecule has 0 fully saturated rings. The van der Waals surface area contributed by atoms with Gasteiger partial charge in [0.1, 0.15) is 0 Å². The Kier molecular flexibility index (Phi) is 3.32. The molecule has 1 aromatic carbocycles. The van der Waals surface area contributed by atoms with Crippen LogP contribution in [0.1, 0.15) is 25.3 Å². The Hall–Kier alpha value is -0.540. The molecule has 0 aliphatic carbocycles. The molecule has 0 saturated heterocycles. The summed E-state index contributed by atoms with van der Waals surface area (Å²) in [6.45, 7) is 2.18. The standard InChI is InChI=1S/C11H12BrClN2/c1-2-3-4-7-5-9-10(6-8(7)13)15-11(12)14-9/h5-6H,2-4H2,1H3,(H,14,15). The van der Waals surface area contributed by atoms with Crippen molar-refractivity contribution in [3.8, 4) is 0 Å². The molecule has 0 bridgehead atoms. The minimum atomic E-state index is 0.751. The van der Waals surface area contributed by atoms with Crippen LogP contribution < -0.4 is 0 Å². The van der Waals surface area contributed by atoms with Crippen molar-refractivity contribution in [2.75, 3.05) is 0 Å². The van der Waals surface area contributed by atoms with Gasteiger partial charge in [0.05, 0.1) is 11.0 Å². The molecule has 0 saturated carbocycles. The second-order valence-corrected chi connectivity index (χ2v) is 4.75. The Bertz CT molecular complexity index is 479. The topological polar surface area (TPSA) is 28.7 Å². The van der Waals surface area contributed by atoms with E-state index >= 15 is 0 Å². The van der Waals surface area contributed by atoms with Crippen molar-refractivity contribution in [3.05, 3.63) is 27.5 Å². The molecule has 15 heavy (non-hydrogen) atoms. The van der Waals surface area contributed by atoms with Crippen molar-refractivity contribution in [3.63, 3.8) is 0 Å². The Labute approximate surface area is 102 Å². The predicted octanol–water partition coefficient (Wildman–Crippen LogP) is 4.32. The number of halogens is 2. The number of aromatic nitrogens is 2. The van der Waals surface area contributed by atoms with E-state index < -0.39 is 0 Å². The molecule has 4 heteroatoms.